The highest BCUT2D eigenvalue weighted by molar-refractivity contribution is 5.81. The number of amides is 1. The molecule has 0 radical (unpaired) electrons. The lowest BCUT2D eigenvalue weighted by Gasteiger charge is -2.34. The molecule has 3 aromatic rings. The van der Waals surface area contributed by atoms with E-state index >= 15 is 0 Å². The van der Waals surface area contributed by atoms with E-state index in [-0.39, 0.29) is 25.0 Å². The van der Waals surface area contributed by atoms with Gasteiger partial charge in [-0.15, -0.1) is 0 Å². The standard InChI is InChI=1S/C19H19FN6O3/c1-19(17(21)27)8-28-16(29-9-19)15-25-13(10-2-4-11(20)5-3-10)14(26-15)12-6-7-23-18(22)24-12/h2-7,16H,8-9H2,1H3,(H2,21,27)(H,25,26)(H2,22,23,24). The van der Waals surface area contributed by atoms with Gasteiger partial charge in [-0.05, 0) is 37.3 Å². The third-order valence-corrected chi connectivity index (χ3v) is 4.69. The van der Waals surface area contributed by atoms with Crippen LogP contribution in [0.2, 0.25) is 0 Å². The summed E-state index contributed by atoms with van der Waals surface area (Å²) < 4.78 is 24.7. The van der Waals surface area contributed by atoms with Gasteiger partial charge in [0.25, 0.3) is 0 Å². The quantitative estimate of drug-likeness (QED) is 0.608. The molecule has 10 heteroatoms. The fourth-order valence-corrected chi connectivity index (χ4v) is 2.93. The zero-order valence-corrected chi connectivity index (χ0v) is 15.6. The zero-order chi connectivity index (χ0) is 20.6. The Labute approximate surface area is 165 Å². The van der Waals surface area contributed by atoms with Crippen LogP contribution in [0.4, 0.5) is 10.3 Å². The number of nitrogens with one attached hydrogen (secondary N) is 1. The number of halogens is 1. The summed E-state index contributed by atoms with van der Waals surface area (Å²) in [5, 5.41) is 0. The van der Waals surface area contributed by atoms with Crippen molar-refractivity contribution >= 4 is 11.9 Å². The van der Waals surface area contributed by atoms with Crippen LogP contribution in [-0.2, 0) is 14.3 Å². The van der Waals surface area contributed by atoms with Crippen molar-refractivity contribution in [1.82, 2.24) is 19.9 Å². The van der Waals surface area contributed by atoms with Crippen molar-refractivity contribution in [2.45, 2.75) is 13.2 Å². The number of anilines is 1. The van der Waals surface area contributed by atoms with Crippen LogP contribution in [0.5, 0.6) is 0 Å². The van der Waals surface area contributed by atoms with Gasteiger partial charge < -0.3 is 25.9 Å². The van der Waals surface area contributed by atoms with E-state index in [9.17, 15) is 9.18 Å². The van der Waals surface area contributed by atoms with Crippen molar-refractivity contribution < 1.29 is 18.7 Å². The van der Waals surface area contributed by atoms with Crippen LogP contribution < -0.4 is 11.5 Å². The first-order valence-corrected chi connectivity index (χ1v) is 8.83. The molecule has 150 valence electrons. The van der Waals surface area contributed by atoms with Crippen LogP contribution in [0, 0.1) is 11.2 Å². The second-order valence-electron chi connectivity index (χ2n) is 7.03. The van der Waals surface area contributed by atoms with Gasteiger partial charge in [-0.3, -0.25) is 4.79 Å². The first kappa shape index (κ1) is 19.0. The summed E-state index contributed by atoms with van der Waals surface area (Å²) in [6, 6.07) is 7.57. The van der Waals surface area contributed by atoms with Crippen molar-refractivity contribution in [3.63, 3.8) is 0 Å². The minimum absolute atomic E-state index is 0.0926. The molecule has 1 aromatic carbocycles. The molecule has 1 aliphatic rings. The minimum atomic E-state index is -0.910. The summed E-state index contributed by atoms with van der Waals surface area (Å²) in [4.78, 5) is 27.5. The van der Waals surface area contributed by atoms with Crippen LogP contribution >= 0.6 is 0 Å². The number of hydrogen-bond donors (Lipinski definition) is 3. The van der Waals surface area contributed by atoms with E-state index in [0.29, 0.717) is 28.5 Å². The minimum Gasteiger partial charge on any atom is -0.369 e. The summed E-state index contributed by atoms with van der Waals surface area (Å²) in [5.41, 5.74) is 12.5. The van der Waals surface area contributed by atoms with E-state index in [1.807, 2.05) is 0 Å². The van der Waals surface area contributed by atoms with Gasteiger partial charge in [-0.25, -0.2) is 19.3 Å². The lowest BCUT2D eigenvalue weighted by atomic mass is 9.91. The van der Waals surface area contributed by atoms with E-state index in [1.165, 1.54) is 18.3 Å². The summed E-state index contributed by atoms with van der Waals surface area (Å²) in [5.74, 6) is -0.379. The second-order valence-corrected chi connectivity index (χ2v) is 7.03. The fourth-order valence-electron chi connectivity index (χ4n) is 2.93. The predicted octanol–water partition coefficient (Wildman–Crippen LogP) is 1.79. The van der Waals surface area contributed by atoms with Gasteiger partial charge >= 0.3 is 0 Å². The van der Waals surface area contributed by atoms with Crippen molar-refractivity contribution in [2.24, 2.45) is 11.1 Å². The molecule has 5 N–H and O–H groups in total. The maximum atomic E-state index is 13.4. The molecule has 1 amide bonds. The Balaban J connectivity index is 1.72. The molecule has 1 aliphatic heterocycles. The van der Waals surface area contributed by atoms with E-state index in [0.717, 1.165) is 0 Å². The smallest absolute Gasteiger partial charge is 0.228 e. The predicted molar refractivity (Wildman–Crippen MR) is 101 cm³/mol. The number of nitrogens with zero attached hydrogens (tertiary/aromatic N) is 3. The Bertz CT molecular complexity index is 1040. The molecule has 0 atom stereocenters. The maximum Gasteiger partial charge on any atom is 0.228 e. The zero-order valence-electron chi connectivity index (χ0n) is 15.6. The number of ether oxygens (including phenoxy) is 2. The van der Waals surface area contributed by atoms with E-state index in [4.69, 9.17) is 20.9 Å². The Morgan fingerprint density at radius 2 is 1.90 bits per heavy atom. The van der Waals surface area contributed by atoms with Gasteiger partial charge in [-0.1, -0.05) is 0 Å². The van der Waals surface area contributed by atoms with Gasteiger partial charge in [0.05, 0.1) is 35.7 Å². The molecular weight excluding hydrogens is 379 g/mol. The normalized spacial score (nSPS) is 21.8. The molecule has 0 aliphatic carbocycles. The van der Waals surface area contributed by atoms with E-state index in [1.54, 1.807) is 25.1 Å². The van der Waals surface area contributed by atoms with E-state index < -0.39 is 17.6 Å². The molecule has 4 rings (SSSR count). The highest BCUT2D eigenvalue weighted by Crippen LogP contribution is 2.35. The maximum absolute atomic E-state index is 13.4. The van der Waals surface area contributed by atoms with Crippen LogP contribution in [0.25, 0.3) is 22.6 Å². The Morgan fingerprint density at radius 1 is 1.21 bits per heavy atom. The number of benzene rings is 1. The Hall–Kier alpha value is -3.37. The number of carbonyl (C=O) groups is 1. The number of aromatic amines is 1. The highest BCUT2D eigenvalue weighted by Gasteiger charge is 2.39. The lowest BCUT2D eigenvalue weighted by Crippen LogP contribution is -2.46. The first-order chi connectivity index (χ1) is 13.9. The average molecular weight is 398 g/mol. The molecule has 1 fully saturated rings. The van der Waals surface area contributed by atoms with Crippen molar-refractivity contribution in [3.8, 4) is 22.6 Å². The number of primary amides is 1. The van der Waals surface area contributed by atoms with Gasteiger partial charge in [0.15, 0.2) is 5.82 Å². The summed E-state index contributed by atoms with van der Waals surface area (Å²) in [6.45, 7) is 1.86. The number of nitrogens with two attached hydrogens (primary N) is 2. The van der Waals surface area contributed by atoms with Crippen LogP contribution in [-0.4, -0.2) is 39.1 Å². The molecule has 1 saturated heterocycles. The molecular formula is C19H19FN6O3. The van der Waals surface area contributed by atoms with Crippen molar-refractivity contribution in [2.75, 3.05) is 18.9 Å². The molecule has 0 bridgehead atoms. The molecule has 0 unspecified atom stereocenters. The highest BCUT2D eigenvalue weighted by atomic mass is 19.1. The van der Waals surface area contributed by atoms with Crippen LogP contribution in [0.1, 0.15) is 19.0 Å². The number of rotatable bonds is 4. The SMILES string of the molecule is CC1(C(N)=O)COC(c2nc(-c3ccc(F)cc3)c(-c3ccnc(N)n3)[nH]2)OC1. The number of carbonyl (C=O) groups excluding carboxylic acids is 1. The third-order valence-electron chi connectivity index (χ3n) is 4.69. The van der Waals surface area contributed by atoms with Crippen molar-refractivity contribution in [1.29, 1.82) is 0 Å². The van der Waals surface area contributed by atoms with E-state index in [2.05, 4.69) is 19.9 Å². The van der Waals surface area contributed by atoms with Gasteiger partial charge in [0, 0.05) is 11.8 Å². The number of hydrogen-bond acceptors (Lipinski definition) is 7. The largest absolute Gasteiger partial charge is 0.369 e. The topological polar surface area (TPSA) is 142 Å². The lowest BCUT2D eigenvalue weighted by molar-refractivity contribution is -0.230. The summed E-state index contributed by atoms with van der Waals surface area (Å²) in [7, 11) is 0. The molecule has 0 spiro atoms. The van der Waals surface area contributed by atoms with Gasteiger partial charge in [0.2, 0.25) is 18.1 Å². The summed E-state index contributed by atoms with van der Waals surface area (Å²) >= 11 is 0. The molecule has 3 heterocycles. The van der Waals surface area contributed by atoms with Crippen LogP contribution in [0.15, 0.2) is 36.5 Å². The number of imidazole rings is 1. The number of aromatic nitrogens is 4. The summed E-state index contributed by atoms with van der Waals surface area (Å²) in [6.07, 6.45) is 0.702. The van der Waals surface area contributed by atoms with Crippen LogP contribution in [0.3, 0.4) is 0 Å². The second kappa shape index (κ2) is 7.22. The van der Waals surface area contributed by atoms with Gasteiger partial charge in [0.1, 0.15) is 5.82 Å². The monoisotopic (exact) mass is 398 g/mol. The Kier molecular flexibility index (Phi) is 4.73. The molecule has 29 heavy (non-hydrogen) atoms. The fraction of sp³-hybridized carbons (Fsp3) is 0.263. The Morgan fingerprint density at radius 3 is 2.52 bits per heavy atom. The first-order valence-electron chi connectivity index (χ1n) is 8.83. The third kappa shape index (κ3) is 3.67. The molecule has 0 saturated carbocycles. The molecule has 9 nitrogen and oxygen atoms in total. The number of H-pyrrole nitrogens is 1. The van der Waals surface area contributed by atoms with Gasteiger partial charge in [-0.2, -0.15) is 0 Å². The average Bonchev–Trinajstić information content (AvgIpc) is 3.14. The molecule has 2 aromatic heterocycles. The number of nitrogen functional groups attached to an aromatic ring is 1. The van der Waals surface area contributed by atoms with Crippen molar-refractivity contribution in [3.05, 3.63) is 48.2 Å².